The smallest absolute Gasteiger partial charge is 0.223 e. The largest absolute Gasteiger partial charge is 0.338 e. The molecule has 0 aliphatic carbocycles. The second kappa shape index (κ2) is 7.24. The van der Waals surface area contributed by atoms with E-state index in [1.165, 1.54) is 11.1 Å². The Labute approximate surface area is 168 Å². The normalized spacial score (nSPS) is 13.6. The van der Waals surface area contributed by atoms with Crippen molar-refractivity contribution in [2.24, 2.45) is 0 Å². The molecule has 5 heteroatoms. The third-order valence-electron chi connectivity index (χ3n) is 5.43. The summed E-state index contributed by atoms with van der Waals surface area (Å²) in [5.41, 5.74) is 5.90. The number of fused-ring (bicyclic) bond motifs is 2. The lowest BCUT2D eigenvalue weighted by molar-refractivity contribution is -0.132. The summed E-state index contributed by atoms with van der Waals surface area (Å²) < 4.78 is 2.13. The molecule has 28 heavy (non-hydrogen) atoms. The Balaban J connectivity index is 1.28. The molecule has 140 valence electrons. The van der Waals surface area contributed by atoms with Gasteiger partial charge in [-0.25, -0.2) is 4.98 Å². The van der Waals surface area contributed by atoms with Gasteiger partial charge in [0.05, 0.1) is 5.69 Å². The molecule has 1 aliphatic rings. The molecule has 0 atom stereocenters. The van der Waals surface area contributed by atoms with Gasteiger partial charge in [-0.2, -0.15) is 0 Å². The van der Waals surface area contributed by atoms with Crippen LogP contribution in [0.2, 0.25) is 0 Å². The van der Waals surface area contributed by atoms with Gasteiger partial charge < -0.3 is 4.90 Å². The van der Waals surface area contributed by atoms with Crippen LogP contribution in [0, 0.1) is 0 Å². The zero-order valence-corrected chi connectivity index (χ0v) is 16.4. The SMILES string of the molecule is O=C(CCc1csc2nc(-c3ccccc3)cn12)N1CCc2ccccc2C1. The fraction of sp³-hybridized carbons (Fsp3) is 0.217. The number of thiazole rings is 1. The van der Waals surface area contributed by atoms with E-state index in [2.05, 4.69) is 52.4 Å². The lowest BCUT2D eigenvalue weighted by Gasteiger charge is -2.29. The highest BCUT2D eigenvalue weighted by molar-refractivity contribution is 7.15. The van der Waals surface area contributed by atoms with Crippen molar-refractivity contribution in [3.63, 3.8) is 0 Å². The van der Waals surface area contributed by atoms with Crippen molar-refractivity contribution in [2.45, 2.75) is 25.8 Å². The van der Waals surface area contributed by atoms with Crippen molar-refractivity contribution in [3.8, 4) is 11.3 Å². The number of carbonyl (C=O) groups is 1. The highest BCUT2D eigenvalue weighted by Crippen LogP contribution is 2.25. The predicted octanol–water partition coefficient (Wildman–Crippen LogP) is 4.58. The van der Waals surface area contributed by atoms with E-state index in [1.54, 1.807) is 11.3 Å². The Morgan fingerprint density at radius 3 is 2.68 bits per heavy atom. The van der Waals surface area contributed by atoms with Gasteiger partial charge in [0.1, 0.15) is 0 Å². The molecule has 0 saturated heterocycles. The molecular weight excluding hydrogens is 366 g/mol. The van der Waals surface area contributed by atoms with Gasteiger partial charge in [-0.1, -0.05) is 54.6 Å². The second-order valence-corrected chi connectivity index (χ2v) is 8.04. The van der Waals surface area contributed by atoms with Crippen LogP contribution < -0.4 is 0 Å². The fourth-order valence-corrected chi connectivity index (χ4v) is 4.77. The molecule has 4 nitrogen and oxygen atoms in total. The maximum atomic E-state index is 12.8. The van der Waals surface area contributed by atoms with Crippen LogP contribution in [0.5, 0.6) is 0 Å². The van der Waals surface area contributed by atoms with Crippen molar-refractivity contribution >= 4 is 22.2 Å². The first-order valence-electron chi connectivity index (χ1n) is 9.63. The van der Waals surface area contributed by atoms with Gasteiger partial charge in [-0.05, 0) is 24.0 Å². The molecule has 2 aromatic carbocycles. The van der Waals surface area contributed by atoms with Gasteiger partial charge in [0, 0.05) is 42.3 Å². The molecule has 0 unspecified atom stereocenters. The molecule has 0 spiro atoms. The van der Waals surface area contributed by atoms with E-state index < -0.39 is 0 Å². The minimum absolute atomic E-state index is 0.234. The number of aryl methyl sites for hydroxylation is 1. The average Bonchev–Trinajstić information content (AvgIpc) is 3.33. The number of benzene rings is 2. The van der Waals surface area contributed by atoms with Gasteiger partial charge in [0.2, 0.25) is 5.91 Å². The van der Waals surface area contributed by atoms with Crippen molar-refractivity contribution in [2.75, 3.05) is 6.54 Å². The van der Waals surface area contributed by atoms with E-state index in [-0.39, 0.29) is 5.91 Å². The Morgan fingerprint density at radius 1 is 1.04 bits per heavy atom. The summed E-state index contributed by atoms with van der Waals surface area (Å²) in [5.74, 6) is 0.234. The Morgan fingerprint density at radius 2 is 1.82 bits per heavy atom. The third kappa shape index (κ3) is 3.22. The summed E-state index contributed by atoms with van der Waals surface area (Å²) in [5, 5.41) is 2.12. The lowest BCUT2D eigenvalue weighted by atomic mass is 9.99. The number of carbonyl (C=O) groups excluding carboxylic acids is 1. The van der Waals surface area contributed by atoms with Gasteiger partial charge in [-0.3, -0.25) is 9.20 Å². The molecule has 1 amide bonds. The Bertz CT molecular complexity index is 1130. The molecule has 0 saturated carbocycles. The molecule has 0 radical (unpaired) electrons. The molecule has 0 bridgehead atoms. The number of imidazole rings is 1. The summed E-state index contributed by atoms with van der Waals surface area (Å²) in [6.45, 7) is 1.55. The van der Waals surface area contributed by atoms with E-state index >= 15 is 0 Å². The molecule has 1 aliphatic heterocycles. The molecule has 4 aromatic rings. The Kier molecular flexibility index (Phi) is 4.45. The summed E-state index contributed by atoms with van der Waals surface area (Å²) in [6.07, 6.45) is 4.30. The van der Waals surface area contributed by atoms with Crippen LogP contribution in [0.1, 0.15) is 23.2 Å². The third-order valence-corrected chi connectivity index (χ3v) is 6.32. The maximum absolute atomic E-state index is 12.8. The van der Waals surface area contributed by atoms with Crippen molar-refractivity contribution in [1.29, 1.82) is 0 Å². The minimum Gasteiger partial charge on any atom is -0.338 e. The first kappa shape index (κ1) is 17.2. The van der Waals surface area contributed by atoms with Crippen LogP contribution in [0.4, 0.5) is 0 Å². The average molecular weight is 388 g/mol. The lowest BCUT2D eigenvalue weighted by Crippen LogP contribution is -2.36. The van der Waals surface area contributed by atoms with Crippen LogP contribution in [-0.2, 0) is 24.2 Å². The van der Waals surface area contributed by atoms with E-state index in [1.807, 2.05) is 23.1 Å². The monoisotopic (exact) mass is 387 g/mol. The van der Waals surface area contributed by atoms with Crippen molar-refractivity contribution in [1.82, 2.24) is 14.3 Å². The van der Waals surface area contributed by atoms with Gasteiger partial charge in [-0.15, -0.1) is 11.3 Å². The molecule has 5 rings (SSSR count). The molecular formula is C23H21N3OS. The van der Waals surface area contributed by atoms with E-state index in [0.29, 0.717) is 6.42 Å². The summed E-state index contributed by atoms with van der Waals surface area (Å²) in [6, 6.07) is 18.6. The Hall–Kier alpha value is -2.92. The number of rotatable bonds is 4. The van der Waals surface area contributed by atoms with Crippen LogP contribution in [0.25, 0.3) is 16.2 Å². The highest BCUT2D eigenvalue weighted by Gasteiger charge is 2.20. The number of amides is 1. The van der Waals surface area contributed by atoms with Crippen LogP contribution in [0.15, 0.2) is 66.2 Å². The number of nitrogens with zero attached hydrogens (tertiary/aromatic N) is 3. The summed E-state index contributed by atoms with van der Waals surface area (Å²) >= 11 is 1.63. The zero-order chi connectivity index (χ0) is 18.9. The quantitative estimate of drug-likeness (QED) is 0.514. The summed E-state index contributed by atoms with van der Waals surface area (Å²) in [7, 11) is 0. The first-order chi connectivity index (χ1) is 13.8. The minimum atomic E-state index is 0.234. The second-order valence-electron chi connectivity index (χ2n) is 7.21. The van der Waals surface area contributed by atoms with Crippen LogP contribution in [-0.4, -0.2) is 26.7 Å². The number of hydrogen-bond donors (Lipinski definition) is 0. The predicted molar refractivity (Wildman–Crippen MR) is 112 cm³/mol. The van der Waals surface area contributed by atoms with Crippen LogP contribution in [0.3, 0.4) is 0 Å². The van der Waals surface area contributed by atoms with E-state index in [9.17, 15) is 4.79 Å². The zero-order valence-electron chi connectivity index (χ0n) is 15.5. The molecule has 3 heterocycles. The van der Waals surface area contributed by atoms with E-state index in [4.69, 9.17) is 4.98 Å². The van der Waals surface area contributed by atoms with Crippen LogP contribution >= 0.6 is 11.3 Å². The molecule has 2 aromatic heterocycles. The van der Waals surface area contributed by atoms with Gasteiger partial charge in [0.15, 0.2) is 4.96 Å². The number of aromatic nitrogens is 2. The van der Waals surface area contributed by atoms with E-state index in [0.717, 1.165) is 47.8 Å². The molecule has 0 fully saturated rings. The van der Waals surface area contributed by atoms with Crippen molar-refractivity contribution in [3.05, 3.63) is 83.0 Å². The molecule has 0 N–H and O–H groups in total. The first-order valence-corrected chi connectivity index (χ1v) is 10.5. The topological polar surface area (TPSA) is 37.6 Å². The van der Waals surface area contributed by atoms with Crippen molar-refractivity contribution < 1.29 is 4.79 Å². The number of hydrogen-bond acceptors (Lipinski definition) is 3. The van der Waals surface area contributed by atoms with Gasteiger partial charge in [0.25, 0.3) is 0 Å². The fourth-order valence-electron chi connectivity index (χ4n) is 3.86. The maximum Gasteiger partial charge on any atom is 0.223 e. The van der Waals surface area contributed by atoms with Gasteiger partial charge >= 0.3 is 0 Å². The standard InChI is InChI=1S/C23H21N3OS/c27-22(25-13-12-17-6-4-5-9-19(17)14-25)11-10-20-16-28-23-24-21(15-26(20)23)18-7-2-1-3-8-18/h1-9,15-16H,10-14H2. The summed E-state index contributed by atoms with van der Waals surface area (Å²) in [4.78, 5) is 20.5. The highest BCUT2D eigenvalue weighted by atomic mass is 32.1.